The molecule has 0 radical (unpaired) electrons. The van der Waals surface area contributed by atoms with E-state index in [4.69, 9.17) is 4.74 Å². The Labute approximate surface area is 191 Å². The van der Waals surface area contributed by atoms with E-state index >= 15 is 0 Å². The van der Waals surface area contributed by atoms with Gasteiger partial charge in [-0.15, -0.1) is 0 Å². The lowest BCUT2D eigenvalue weighted by atomic mass is 10.0. The van der Waals surface area contributed by atoms with E-state index in [1.807, 2.05) is 36.4 Å². The van der Waals surface area contributed by atoms with Gasteiger partial charge in [-0.05, 0) is 61.1 Å². The van der Waals surface area contributed by atoms with E-state index in [0.717, 1.165) is 44.5 Å². The molecule has 0 saturated carbocycles. The first-order chi connectivity index (χ1) is 15.8. The summed E-state index contributed by atoms with van der Waals surface area (Å²) in [6.07, 6.45) is 4.41. The Kier molecular flexibility index (Phi) is 7.80. The van der Waals surface area contributed by atoms with Gasteiger partial charge in [0.05, 0.1) is 0 Å². The molecule has 3 aromatic carbocycles. The Morgan fingerprint density at radius 3 is 2.12 bits per heavy atom. The minimum Gasteiger partial charge on any atom is -0.489 e. The number of nitrogens with zero attached hydrogens (tertiary/aromatic N) is 1. The lowest BCUT2D eigenvalue weighted by molar-refractivity contribution is -0.122. The first-order valence-electron chi connectivity index (χ1n) is 11.6. The Balaban J connectivity index is 1.16. The highest BCUT2D eigenvalue weighted by Crippen LogP contribution is 2.23. The number of piperidine rings is 1. The Hall–Kier alpha value is -3.27. The number of amides is 1. The quantitative estimate of drug-likeness (QED) is 0.498. The summed E-state index contributed by atoms with van der Waals surface area (Å²) in [4.78, 5) is 14.7. The van der Waals surface area contributed by atoms with Gasteiger partial charge in [0.1, 0.15) is 12.4 Å². The highest BCUT2D eigenvalue weighted by atomic mass is 16.5. The van der Waals surface area contributed by atoms with E-state index in [2.05, 4.69) is 58.7 Å². The number of carbonyl (C=O) groups excluding carboxylic acids is 1. The highest BCUT2D eigenvalue weighted by molar-refractivity contribution is 5.76. The van der Waals surface area contributed by atoms with Gasteiger partial charge in [-0.3, -0.25) is 4.79 Å². The van der Waals surface area contributed by atoms with Crippen molar-refractivity contribution in [2.75, 3.05) is 18.0 Å². The van der Waals surface area contributed by atoms with E-state index in [0.29, 0.717) is 13.0 Å². The van der Waals surface area contributed by atoms with Gasteiger partial charge in [0.2, 0.25) is 5.91 Å². The monoisotopic (exact) mass is 428 g/mol. The van der Waals surface area contributed by atoms with Crippen LogP contribution in [0.4, 0.5) is 5.69 Å². The first-order valence-corrected chi connectivity index (χ1v) is 11.6. The van der Waals surface area contributed by atoms with Gasteiger partial charge in [0, 0.05) is 31.2 Å². The topological polar surface area (TPSA) is 41.6 Å². The van der Waals surface area contributed by atoms with Crippen LogP contribution in [0.5, 0.6) is 5.75 Å². The zero-order valence-corrected chi connectivity index (χ0v) is 18.6. The number of aryl methyl sites for hydroxylation is 1. The number of nitrogens with one attached hydrogen (secondary N) is 1. The molecule has 0 spiro atoms. The molecule has 1 N–H and O–H groups in total. The van der Waals surface area contributed by atoms with Crippen LogP contribution in [0.2, 0.25) is 0 Å². The van der Waals surface area contributed by atoms with Crippen LogP contribution in [0, 0.1) is 0 Å². The van der Waals surface area contributed by atoms with E-state index in [1.165, 1.54) is 16.8 Å². The molecule has 4 heteroatoms. The largest absolute Gasteiger partial charge is 0.489 e. The van der Waals surface area contributed by atoms with Gasteiger partial charge in [-0.1, -0.05) is 60.7 Å². The molecule has 1 aliphatic heterocycles. The molecule has 1 amide bonds. The second-order valence-electron chi connectivity index (χ2n) is 8.44. The molecule has 4 rings (SSSR count). The van der Waals surface area contributed by atoms with Crippen LogP contribution < -0.4 is 15.0 Å². The predicted octanol–water partition coefficient (Wildman–Crippen LogP) is 5.37. The Morgan fingerprint density at radius 2 is 1.47 bits per heavy atom. The van der Waals surface area contributed by atoms with Gasteiger partial charge < -0.3 is 15.0 Å². The maximum absolute atomic E-state index is 12.3. The fourth-order valence-electron chi connectivity index (χ4n) is 4.17. The molecule has 3 aromatic rings. The van der Waals surface area contributed by atoms with Crippen molar-refractivity contribution in [2.45, 2.75) is 44.8 Å². The standard InChI is InChI=1S/C28H32N2O2/c31-28(13-7-12-23-8-3-1-4-9-23)29-25-18-20-30(21-19-25)26-14-16-27(17-15-26)32-22-24-10-5-2-6-11-24/h1-6,8-11,14-17,25H,7,12-13,18-22H2,(H,29,31). The third-order valence-electron chi connectivity index (χ3n) is 6.02. The molecule has 0 bridgehead atoms. The second kappa shape index (κ2) is 11.4. The molecule has 32 heavy (non-hydrogen) atoms. The number of benzene rings is 3. The Bertz CT molecular complexity index is 950. The summed E-state index contributed by atoms with van der Waals surface area (Å²) in [5.41, 5.74) is 3.68. The molecule has 0 atom stereocenters. The zero-order valence-electron chi connectivity index (χ0n) is 18.6. The summed E-state index contributed by atoms with van der Waals surface area (Å²) in [5.74, 6) is 1.06. The molecule has 0 unspecified atom stereocenters. The normalized spacial score (nSPS) is 14.2. The molecular weight excluding hydrogens is 396 g/mol. The summed E-state index contributed by atoms with van der Waals surface area (Å²) >= 11 is 0. The molecule has 1 saturated heterocycles. The number of anilines is 1. The van der Waals surface area contributed by atoms with Crippen molar-refractivity contribution in [3.8, 4) is 5.75 Å². The van der Waals surface area contributed by atoms with Gasteiger partial charge in [-0.2, -0.15) is 0 Å². The maximum Gasteiger partial charge on any atom is 0.220 e. The number of carbonyl (C=O) groups is 1. The smallest absolute Gasteiger partial charge is 0.220 e. The predicted molar refractivity (Wildman–Crippen MR) is 130 cm³/mol. The average Bonchev–Trinajstić information content (AvgIpc) is 2.85. The summed E-state index contributed by atoms with van der Waals surface area (Å²) in [6, 6.07) is 29.2. The summed E-state index contributed by atoms with van der Waals surface area (Å²) in [5, 5.41) is 3.23. The fourth-order valence-corrected chi connectivity index (χ4v) is 4.17. The van der Waals surface area contributed by atoms with Crippen molar-refractivity contribution in [1.29, 1.82) is 0 Å². The van der Waals surface area contributed by atoms with Crippen LogP contribution in [0.1, 0.15) is 36.8 Å². The first kappa shape index (κ1) is 21.9. The van der Waals surface area contributed by atoms with Crippen molar-refractivity contribution >= 4 is 11.6 Å². The summed E-state index contributed by atoms with van der Waals surface area (Å²) < 4.78 is 5.89. The van der Waals surface area contributed by atoms with Crippen LogP contribution in [0.15, 0.2) is 84.9 Å². The van der Waals surface area contributed by atoms with Crippen molar-refractivity contribution in [3.63, 3.8) is 0 Å². The molecule has 0 aliphatic carbocycles. The van der Waals surface area contributed by atoms with Gasteiger partial charge in [0.15, 0.2) is 0 Å². The summed E-state index contributed by atoms with van der Waals surface area (Å²) in [6.45, 7) is 2.50. The van der Waals surface area contributed by atoms with Crippen molar-refractivity contribution in [3.05, 3.63) is 96.1 Å². The van der Waals surface area contributed by atoms with Crippen molar-refractivity contribution in [1.82, 2.24) is 5.32 Å². The second-order valence-corrected chi connectivity index (χ2v) is 8.44. The fraction of sp³-hybridized carbons (Fsp3) is 0.321. The van der Waals surface area contributed by atoms with E-state index in [-0.39, 0.29) is 11.9 Å². The lowest BCUT2D eigenvalue weighted by Crippen LogP contribution is -2.44. The molecule has 166 valence electrons. The van der Waals surface area contributed by atoms with Gasteiger partial charge >= 0.3 is 0 Å². The molecular formula is C28H32N2O2. The maximum atomic E-state index is 12.3. The SMILES string of the molecule is O=C(CCCc1ccccc1)NC1CCN(c2ccc(OCc3ccccc3)cc2)CC1. The zero-order chi connectivity index (χ0) is 22.0. The molecule has 4 nitrogen and oxygen atoms in total. The molecule has 1 aliphatic rings. The van der Waals surface area contributed by atoms with Crippen LogP contribution in [0.25, 0.3) is 0 Å². The molecule has 1 fully saturated rings. The van der Waals surface area contributed by atoms with Crippen LogP contribution in [0.3, 0.4) is 0 Å². The van der Waals surface area contributed by atoms with Crippen molar-refractivity contribution in [2.24, 2.45) is 0 Å². The van der Waals surface area contributed by atoms with E-state index in [9.17, 15) is 4.79 Å². The lowest BCUT2D eigenvalue weighted by Gasteiger charge is -2.34. The van der Waals surface area contributed by atoms with Gasteiger partial charge in [-0.25, -0.2) is 0 Å². The van der Waals surface area contributed by atoms with E-state index < -0.39 is 0 Å². The highest BCUT2D eigenvalue weighted by Gasteiger charge is 2.20. The number of rotatable bonds is 9. The Morgan fingerprint density at radius 1 is 0.844 bits per heavy atom. The third-order valence-corrected chi connectivity index (χ3v) is 6.02. The average molecular weight is 429 g/mol. The number of hydrogen-bond donors (Lipinski definition) is 1. The third kappa shape index (κ3) is 6.61. The minimum absolute atomic E-state index is 0.180. The molecule has 1 heterocycles. The number of hydrogen-bond acceptors (Lipinski definition) is 3. The summed E-state index contributed by atoms with van der Waals surface area (Å²) in [7, 11) is 0. The molecule has 0 aromatic heterocycles. The van der Waals surface area contributed by atoms with Gasteiger partial charge in [0.25, 0.3) is 0 Å². The minimum atomic E-state index is 0.180. The van der Waals surface area contributed by atoms with Crippen LogP contribution >= 0.6 is 0 Å². The van der Waals surface area contributed by atoms with Crippen LogP contribution in [-0.4, -0.2) is 25.0 Å². The van der Waals surface area contributed by atoms with Crippen LogP contribution in [-0.2, 0) is 17.8 Å². The van der Waals surface area contributed by atoms with E-state index in [1.54, 1.807) is 0 Å². The number of ether oxygens (including phenoxy) is 1. The van der Waals surface area contributed by atoms with Crippen molar-refractivity contribution < 1.29 is 9.53 Å².